The second-order valence-electron chi connectivity index (χ2n) is 7.96. The molecule has 1 fully saturated rings. The number of hydrogen-bond donors (Lipinski definition) is 0. The summed E-state index contributed by atoms with van der Waals surface area (Å²) in [6.45, 7) is 4.83. The van der Waals surface area contributed by atoms with Crippen molar-refractivity contribution in [1.82, 2.24) is 13.4 Å². The molecule has 0 aliphatic carbocycles. The second-order valence-corrected chi connectivity index (χ2v) is 9.90. The number of sulfonamides is 1. The van der Waals surface area contributed by atoms with Crippen LogP contribution in [-0.2, 0) is 17.1 Å². The largest absolute Gasteiger partial charge is 0.363 e. The lowest BCUT2D eigenvalue weighted by atomic mass is 10.2. The third-order valence-corrected chi connectivity index (χ3v) is 7.75. The summed E-state index contributed by atoms with van der Waals surface area (Å²) < 4.78 is 30.2. The molecular formula is C23H26N4O4S. The van der Waals surface area contributed by atoms with E-state index in [1.54, 1.807) is 25.1 Å². The van der Waals surface area contributed by atoms with Crippen LogP contribution >= 0.6 is 0 Å². The van der Waals surface area contributed by atoms with Crippen LogP contribution in [0.25, 0.3) is 5.69 Å². The van der Waals surface area contributed by atoms with Crippen LogP contribution in [0.2, 0.25) is 0 Å². The molecule has 0 unspecified atom stereocenters. The predicted octanol–water partition coefficient (Wildman–Crippen LogP) is 1.66. The van der Waals surface area contributed by atoms with E-state index in [1.165, 1.54) is 15.9 Å². The van der Waals surface area contributed by atoms with Crippen LogP contribution in [0.1, 0.15) is 11.3 Å². The third-order valence-electron chi connectivity index (χ3n) is 5.86. The molecule has 4 rings (SSSR count). The maximum atomic E-state index is 13.1. The van der Waals surface area contributed by atoms with Crippen LogP contribution in [0.5, 0.6) is 0 Å². The first-order valence-corrected chi connectivity index (χ1v) is 11.9. The number of aryl methyl sites for hydroxylation is 1. The summed E-state index contributed by atoms with van der Waals surface area (Å²) in [5.74, 6) is 0. The van der Waals surface area contributed by atoms with E-state index >= 15 is 0 Å². The molecule has 8 nitrogen and oxygen atoms in total. The first-order valence-electron chi connectivity index (χ1n) is 10.4. The van der Waals surface area contributed by atoms with Crippen LogP contribution in [0.3, 0.4) is 0 Å². The van der Waals surface area contributed by atoms with Gasteiger partial charge in [-0.15, -0.1) is 0 Å². The van der Waals surface area contributed by atoms with Gasteiger partial charge in [-0.1, -0.05) is 30.3 Å². The molecule has 0 N–H and O–H groups in total. The van der Waals surface area contributed by atoms with Crippen molar-refractivity contribution in [2.45, 2.75) is 18.7 Å². The van der Waals surface area contributed by atoms with Gasteiger partial charge in [-0.2, -0.15) is 4.31 Å². The maximum absolute atomic E-state index is 13.1. The summed E-state index contributed by atoms with van der Waals surface area (Å²) in [5.41, 5.74) is 1.72. The van der Waals surface area contributed by atoms with E-state index in [0.29, 0.717) is 30.2 Å². The lowest BCUT2D eigenvalue weighted by Crippen LogP contribution is -2.52. The number of anilines is 1. The third kappa shape index (κ3) is 3.78. The minimum atomic E-state index is -3.61. The molecule has 168 valence electrons. The Labute approximate surface area is 187 Å². The van der Waals surface area contributed by atoms with Gasteiger partial charge in [0.05, 0.1) is 16.3 Å². The topological polar surface area (TPSA) is 84.6 Å². The van der Waals surface area contributed by atoms with Crippen LogP contribution in [-0.4, -0.2) is 48.0 Å². The highest BCUT2D eigenvalue weighted by molar-refractivity contribution is 7.89. The van der Waals surface area contributed by atoms with Crippen molar-refractivity contribution < 1.29 is 8.42 Å². The standard InChI is InChI=1S/C23H26N4O4S/c1-17-8-7-11-20(16-17)32(30,31)26-14-12-25(13-15-26)21-18(2)27(19-9-5-4-6-10-19)23(29)24(3)22(21)28/h4-11,16H,12-15H2,1-3H3. The van der Waals surface area contributed by atoms with E-state index in [1.807, 2.05) is 48.2 Å². The Bertz CT molecular complexity index is 1370. The van der Waals surface area contributed by atoms with Gasteiger partial charge >= 0.3 is 5.69 Å². The van der Waals surface area contributed by atoms with Gasteiger partial charge in [0.15, 0.2) is 0 Å². The van der Waals surface area contributed by atoms with E-state index in [-0.39, 0.29) is 23.5 Å². The van der Waals surface area contributed by atoms with Gasteiger partial charge in [-0.05, 0) is 43.7 Å². The van der Waals surface area contributed by atoms with Crippen molar-refractivity contribution in [2.75, 3.05) is 31.1 Å². The molecule has 1 aliphatic heterocycles. The van der Waals surface area contributed by atoms with Crippen LogP contribution in [0.4, 0.5) is 5.69 Å². The Morgan fingerprint density at radius 3 is 2.12 bits per heavy atom. The van der Waals surface area contributed by atoms with Crippen LogP contribution in [0.15, 0.2) is 69.1 Å². The smallest absolute Gasteiger partial charge is 0.335 e. The van der Waals surface area contributed by atoms with Crippen molar-refractivity contribution >= 4 is 15.7 Å². The second kappa shape index (κ2) is 8.40. The number of aromatic nitrogens is 2. The molecule has 32 heavy (non-hydrogen) atoms. The number of piperazine rings is 1. The first-order chi connectivity index (χ1) is 15.2. The molecule has 0 saturated carbocycles. The molecule has 9 heteroatoms. The van der Waals surface area contributed by atoms with E-state index in [2.05, 4.69) is 0 Å². The zero-order valence-corrected chi connectivity index (χ0v) is 19.2. The molecule has 1 aromatic heterocycles. The molecule has 2 aromatic carbocycles. The van der Waals surface area contributed by atoms with E-state index in [9.17, 15) is 18.0 Å². The van der Waals surface area contributed by atoms with Gasteiger partial charge in [0.1, 0.15) is 5.69 Å². The number of benzene rings is 2. The van der Waals surface area contributed by atoms with Crippen molar-refractivity contribution in [3.05, 3.63) is 86.7 Å². The highest BCUT2D eigenvalue weighted by Crippen LogP contribution is 2.22. The summed E-state index contributed by atoms with van der Waals surface area (Å²) in [6, 6.07) is 16.0. The molecular weight excluding hydrogens is 428 g/mol. The van der Waals surface area contributed by atoms with Gasteiger partial charge in [0.25, 0.3) is 5.56 Å². The Balaban J connectivity index is 1.67. The predicted molar refractivity (Wildman–Crippen MR) is 124 cm³/mol. The monoisotopic (exact) mass is 454 g/mol. The fourth-order valence-electron chi connectivity index (χ4n) is 4.12. The lowest BCUT2D eigenvalue weighted by Gasteiger charge is -2.36. The van der Waals surface area contributed by atoms with Crippen LogP contribution < -0.4 is 16.1 Å². The van der Waals surface area contributed by atoms with Gasteiger partial charge < -0.3 is 4.90 Å². The molecule has 0 atom stereocenters. The van der Waals surface area contributed by atoms with Gasteiger partial charge in [-0.25, -0.2) is 13.2 Å². The number of rotatable bonds is 4. The Hall–Kier alpha value is -3.17. The first kappa shape index (κ1) is 22.0. The molecule has 0 amide bonds. The molecule has 0 radical (unpaired) electrons. The van der Waals surface area contributed by atoms with Gasteiger partial charge in [0.2, 0.25) is 10.0 Å². The Morgan fingerprint density at radius 2 is 1.50 bits per heavy atom. The van der Waals surface area contributed by atoms with E-state index < -0.39 is 15.7 Å². The number of para-hydroxylation sites is 1. The number of nitrogens with zero attached hydrogens (tertiary/aromatic N) is 4. The lowest BCUT2D eigenvalue weighted by molar-refractivity contribution is 0.383. The SMILES string of the molecule is Cc1cccc(S(=O)(=O)N2CCN(c3c(C)n(-c4ccccc4)c(=O)n(C)c3=O)CC2)c1. The summed E-state index contributed by atoms with van der Waals surface area (Å²) in [5, 5.41) is 0. The fourth-order valence-corrected chi connectivity index (χ4v) is 5.65. The quantitative estimate of drug-likeness (QED) is 0.599. The Kier molecular flexibility index (Phi) is 5.79. The summed E-state index contributed by atoms with van der Waals surface area (Å²) in [4.78, 5) is 28.0. The van der Waals surface area contributed by atoms with Gasteiger partial charge in [0, 0.05) is 33.2 Å². The van der Waals surface area contributed by atoms with Crippen molar-refractivity contribution in [3.8, 4) is 5.69 Å². The normalized spacial score (nSPS) is 15.2. The zero-order valence-electron chi connectivity index (χ0n) is 18.4. The van der Waals surface area contributed by atoms with Crippen molar-refractivity contribution in [2.24, 2.45) is 7.05 Å². The maximum Gasteiger partial charge on any atom is 0.335 e. The van der Waals surface area contributed by atoms with E-state index in [4.69, 9.17) is 0 Å². The molecule has 3 aromatic rings. The average Bonchev–Trinajstić information content (AvgIpc) is 2.79. The molecule has 1 aliphatic rings. The molecule has 0 spiro atoms. The molecule has 0 bridgehead atoms. The highest BCUT2D eigenvalue weighted by atomic mass is 32.2. The number of hydrogen-bond acceptors (Lipinski definition) is 5. The van der Waals surface area contributed by atoms with Crippen molar-refractivity contribution in [3.63, 3.8) is 0 Å². The van der Waals surface area contributed by atoms with Crippen molar-refractivity contribution in [1.29, 1.82) is 0 Å². The summed E-state index contributed by atoms with van der Waals surface area (Å²) in [6.07, 6.45) is 0. The zero-order chi connectivity index (χ0) is 23.0. The fraction of sp³-hybridized carbons (Fsp3) is 0.304. The highest BCUT2D eigenvalue weighted by Gasteiger charge is 2.31. The molecule has 1 saturated heterocycles. The minimum absolute atomic E-state index is 0.253. The summed E-state index contributed by atoms with van der Waals surface area (Å²) in [7, 11) is -2.14. The Morgan fingerprint density at radius 1 is 0.844 bits per heavy atom. The average molecular weight is 455 g/mol. The van der Waals surface area contributed by atoms with Crippen LogP contribution in [0, 0.1) is 13.8 Å². The van der Waals surface area contributed by atoms with E-state index in [0.717, 1.165) is 10.1 Å². The van der Waals surface area contributed by atoms with Gasteiger partial charge in [-0.3, -0.25) is 13.9 Å². The molecule has 2 heterocycles. The minimum Gasteiger partial charge on any atom is -0.363 e. The summed E-state index contributed by atoms with van der Waals surface area (Å²) >= 11 is 0.